The van der Waals surface area contributed by atoms with E-state index >= 15 is 0 Å². The molecular weight excluding hydrogens is 408 g/mol. The summed E-state index contributed by atoms with van der Waals surface area (Å²) in [4.78, 5) is 27.4. The molecule has 0 aliphatic rings. The lowest BCUT2D eigenvalue weighted by Gasteiger charge is -2.29. The van der Waals surface area contributed by atoms with Crippen molar-refractivity contribution in [3.63, 3.8) is 0 Å². The van der Waals surface area contributed by atoms with Gasteiger partial charge in [-0.1, -0.05) is 48.4 Å². The molecule has 31 heavy (non-hydrogen) atoms. The number of nitrogens with one attached hydrogen (secondary N) is 1. The first-order chi connectivity index (χ1) is 14.8. The van der Waals surface area contributed by atoms with Crippen LogP contribution in [-0.2, 0) is 21.9 Å². The molecule has 2 aromatic rings. The first-order valence-electron chi connectivity index (χ1n) is 10.7. The van der Waals surface area contributed by atoms with E-state index < -0.39 is 6.04 Å². The number of amides is 2. The summed E-state index contributed by atoms with van der Waals surface area (Å²) in [6.07, 6.45) is 0.858. The number of aryl methyl sites for hydroxylation is 2. The Hall–Kier alpha value is -2.47. The van der Waals surface area contributed by atoms with Crippen molar-refractivity contribution in [3.8, 4) is 5.75 Å². The van der Waals surface area contributed by atoms with Gasteiger partial charge in [0, 0.05) is 18.8 Å². The number of carbonyl (C=O) groups excluding carboxylic acids is 2. The minimum atomic E-state index is -0.539. The number of methoxy groups -OCH3 is 1. The van der Waals surface area contributed by atoms with Gasteiger partial charge in [0.25, 0.3) is 0 Å². The second kappa shape index (κ2) is 12.4. The third kappa shape index (κ3) is 7.94. The Balaban J connectivity index is 2.07. The first-order valence-corrected chi connectivity index (χ1v) is 11.8. The van der Waals surface area contributed by atoms with Gasteiger partial charge in [-0.15, -0.1) is 11.8 Å². The van der Waals surface area contributed by atoms with E-state index in [2.05, 4.69) is 37.4 Å². The Morgan fingerprint density at radius 3 is 2.29 bits per heavy atom. The average Bonchev–Trinajstić information content (AvgIpc) is 2.75. The Kier molecular flexibility index (Phi) is 9.92. The molecule has 0 heterocycles. The lowest BCUT2D eigenvalue weighted by molar-refractivity contribution is -0.138. The molecule has 0 aliphatic carbocycles. The van der Waals surface area contributed by atoms with Crippen LogP contribution in [0.4, 0.5) is 0 Å². The Morgan fingerprint density at radius 1 is 1.06 bits per heavy atom. The van der Waals surface area contributed by atoms with Crippen molar-refractivity contribution in [3.05, 3.63) is 64.7 Å². The van der Waals surface area contributed by atoms with Crippen molar-refractivity contribution in [2.45, 2.75) is 52.5 Å². The summed E-state index contributed by atoms with van der Waals surface area (Å²) < 4.78 is 5.22. The molecule has 0 aliphatic heterocycles. The van der Waals surface area contributed by atoms with Crippen LogP contribution in [0.3, 0.4) is 0 Å². The number of thioether (sulfide) groups is 1. The Morgan fingerprint density at radius 2 is 1.71 bits per heavy atom. The molecule has 1 unspecified atom stereocenters. The van der Waals surface area contributed by atoms with E-state index in [4.69, 9.17) is 4.74 Å². The molecule has 0 saturated carbocycles. The molecule has 0 fully saturated rings. The number of carbonyl (C=O) groups is 2. The topological polar surface area (TPSA) is 58.6 Å². The molecule has 0 aromatic heterocycles. The zero-order chi connectivity index (χ0) is 22.8. The summed E-state index contributed by atoms with van der Waals surface area (Å²) in [5, 5.41) is 2.91. The van der Waals surface area contributed by atoms with E-state index in [1.54, 1.807) is 30.7 Å². The van der Waals surface area contributed by atoms with Crippen LogP contribution in [0, 0.1) is 13.8 Å². The molecule has 2 aromatic carbocycles. The Labute approximate surface area is 190 Å². The van der Waals surface area contributed by atoms with E-state index in [-0.39, 0.29) is 11.8 Å². The molecule has 1 atom stereocenters. The maximum Gasteiger partial charge on any atom is 0.242 e. The summed E-state index contributed by atoms with van der Waals surface area (Å²) in [5.74, 6) is 1.70. The number of ether oxygens (including phenoxy) is 1. The number of hydrogen-bond donors (Lipinski definition) is 1. The van der Waals surface area contributed by atoms with Gasteiger partial charge in [0.15, 0.2) is 0 Å². The van der Waals surface area contributed by atoms with E-state index in [1.165, 1.54) is 16.7 Å². The van der Waals surface area contributed by atoms with Crippen LogP contribution in [-0.4, -0.2) is 42.2 Å². The van der Waals surface area contributed by atoms with Crippen LogP contribution < -0.4 is 10.1 Å². The van der Waals surface area contributed by atoms with Gasteiger partial charge in [0.05, 0.1) is 12.9 Å². The zero-order valence-electron chi connectivity index (χ0n) is 19.2. The van der Waals surface area contributed by atoms with Gasteiger partial charge in [-0.3, -0.25) is 9.59 Å². The normalized spacial score (nSPS) is 11.6. The number of nitrogens with zero attached hydrogens (tertiary/aromatic N) is 1. The highest BCUT2D eigenvalue weighted by molar-refractivity contribution is 7.99. The average molecular weight is 443 g/mol. The summed E-state index contributed by atoms with van der Waals surface area (Å²) in [7, 11) is 1.62. The van der Waals surface area contributed by atoms with Gasteiger partial charge in [-0.2, -0.15) is 0 Å². The lowest BCUT2D eigenvalue weighted by Crippen LogP contribution is -2.48. The number of rotatable bonds is 11. The summed E-state index contributed by atoms with van der Waals surface area (Å²) in [6, 6.07) is 13.5. The van der Waals surface area contributed by atoms with Gasteiger partial charge in [-0.25, -0.2) is 0 Å². The van der Waals surface area contributed by atoms with E-state index in [9.17, 15) is 9.59 Å². The van der Waals surface area contributed by atoms with Crippen LogP contribution in [0.1, 0.15) is 42.5 Å². The van der Waals surface area contributed by atoms with Crippen LogP contribution >= 0.6 is 11.8 Å². The fourth-order valence-corrected chi connectivity index (χ4v) is 4.24. The SMILES string of the molecule is CCCNC(=O)C(C)N(Cc1ccc(OC)cc1)C(=O)CSCc1cc(C)cc(C)c1. The highest BCUT2D eigenvalue weighted by Crippen LogP contribution is 2.19. The van der Waals surface area contributed by atoms with Crippen molar-refractivity contribution in [1.82, 2.24) is 10.2 Å². The first kappa shape index (κ1) is 24.8. The second-order valence-electron chi connectivity index (χ2n) is 7.83. The fourth-order valence-electron chi connectivity index (χ4n) is 3.40. The third-order valence-corrected chi connectivity index (χ3v) is 5.99. The minimum Gasteiger partial charge on any atom is -0.497 e. The molecule has 168 valence electrons. The van der Waals surface area contributed by atoms with Crippen LogP contribution in [0.5, 0.6) is 5.75 Å². The lowest BCUT2D eigenvalue weighted by atomic mass is 10.1. The fraction of sp³-hybridized carbons (Fsp3) is 0.440. The smallest absolute Gasteiger partial charge is 0.242 e. The van der Waals surface area contributed by atoms with Crippen molar-refractivity contribution in [1.29, 1.82) is 0 Å². The molecule has 6 heteroatoms. The third-order valence-electron chi connectivity index (χ3n) is 5.00. The molecule has 0 spiro atoms. The van der Waals surface area contributed by atoms with Gasteiger partial charge in [0.2, 0.25) is 11.8 Å². The second-order valence-corrected chi connectivity index (χ2v) is 8.81. The highest BCUT2D eigenvalue weighted by Gasteiger charge is 2.25. The molecule has 0 bridgehead atoms. The van der Waals surface area contributed by atoms with Gasteiger partial charge >= 0.3 is 0 Å². The number of hydrogen-bond acceptors (Lipinski definition) is 4. The predicted octanol–water partition coefficient (Wildman–Crippen LogP) is 4.49. The molecule has 2 amide bonds. The molecule has 2 rings (SSSR count). The van der Waals surface area contributed by atoms with Crippen LogP contribution in [0.15, 0.2) is 42.5 Å². The molecule has 0 saturated heterocycles. The van der Waals surface area contributed by atoms with E-state index in [0.717, 1.165) is 23.5 Å². The summed E-state index contributed by atoms with van der Waals surface area (Å²) in [5.41, 5.74) is 4.63. The van der Waals surface area contributed by atoms with Gasteiger partial charge < -0.3 is 15.0 Å². The van der Waals surface area contributed by atoms with Gasteiger partial charge in [-0.05, 0) is 50.5 Å². The van der Waals surface area contributed by atoms with Crippen LogP contribution in [0.25, 0.3) is 0 Å². The minimum absolute atomic E-state index is 0.0376. The maximum absolute atomic E-state index is 13.1. The standard InChI is InChI=1S/C25H34N2O3S/c1-6-11-26-25(29)20(4)27(15-21-7-9-23(30-5)10-8-21)24(28)17-31-16-22-13-18(2)12-19(3)14-22/h7-10,12-14,20H,6,11,15-17H2,1-5H3,(H,26,29). The monoisotopic (exact) mass is 442 g/mol. The van der Waals surface area contributed by atoms with E-state index in [1.807, 2.05) is 31.2 Å². The highest BCUT2D eigenvalue weighted by atomic mass is 32.2. The van der Waals surface area contributed by atoms with Gasteiger partial charge in [0.1, 0.15) is 11.8 Å². The van der Waals surface area contributed by atoms with E-state index in [0.29, 0.717) is 18.8 Å². The summed E-state index contributed by atoms with van der Waals surface area (Å²) >= 11 is 1.58. The zero-order valence-corrected chi connectivity index (χ0v) is 20.1. The van der Waals surface area contributed by atoms with Crippen LogP contribution in [0.2, 0.25) is 0 Å². The predicted molar refractivity (Wildman–Crippen MR) is 128 cm³/mol. The molecule has 5 nitrogen and oxygen atoms in total. The summed E-state index contributed by atoms with van der Waals surface area (Å²) in [6.45, 7) is 8.96. The van der Waals surface area contributed by atoms with Crippen molar-refractivity contribution in [2.24, 2.45) is 0 Å². The van der Waals surface area contributed by atoms with Crippen molar-refractivity contribution in [2.75, 3.05) is 19.4 Å². The molecular formula is C25H34N2O3S. The molecule has 0 radical (unpaired) electrons. The van der Waals surface area contributed by atoms with Crippen molar-refractivity contribution < 1.29 is 14.3 Å². The Bertz CT molecular complexity index is 847. The molecule has 1 N–H and O–H groups in total. The number of benzene rings is 2. The van der Waals surface area contributed by atoms with Crippen molar-refractivity contribution >= 4 is 23.6 Å². The maximum atomic E-state index is 13.1. The largest absolute Gasteiger partial charge is 0.497 e. The quantitative estimate of drug-likeness (QED) is 0.557.